The summed E-state index contributed by atoms with van der Waals surface area (Å²) < 4.78 is 0. The molecular formula is C24H18Cl3N3O. The van der Waals surface area contributed by atoms with E-state index in [9.17, 15) is 4.79 Å². The predicted molar refractivity (Wildman–Crippen MR) is 126 cm³/mol. The highest BCUT2D eigenvalue weighted by Gasteiger charge is 2.44. The van der Waals surface area contributed by atoms with Crippen LogP contribution in [-0.2, 0) is 6.42 Å². The zero-order valence-electron chi connectivity index (χ0n) is 16.4. The minimum atomic E-state index is -0.345. The Bertz CT molecular complexity index is 1210. The van der Waals surface area contributed by atoms with Gasteiger partial charge in [0.15, 0.2) is 0 Å². The molecule has 1 aliphatic heterocycles. The van der Waals surface area contributed by atoms with E-state index < -0.39 is 0 Å². The second kappa shape index (κ2) is 8.19. The minimum absolute atomic E-state index is 0.0642. The highest BCUT2D eigenvalue weighted by molar-refractivity contribution is 6.42. The normalized spacial score (nSPS) is 19.5. The van der Waals surface area contributed by atoms with Crippen molar-refractivity contribution < 1.29 is 4.79 Å². The maximum atomic E-state index is 13.3. The second-order valence-electron chi connectivity index (χ2n) is 7.66. The number of rotatable bonds is 2. The Labute approximate surface area is 195 Å². The van der Waals surface area contributed by atoms with Crippen molar-refractivity contribution in [2.45, 2.75) is 18.9 Å². The van der Waals surface area contributed by atoms with Crippen LogP contribution < -0.4 is 5.32 Å². The summed E-state index contributed by atoms with van der Waals surface area (Å²) in [6, 6.07) is 20.2. The Balaban J connectivity index is 1.55. The number of amides is 2. The molecule has 0 bridgehead atoms. The number of carbonyl (C=O) groups excluding carboxylic acids is 1. The molecule has 31 heavy (non-hydrogen) atoms. The lowest BCUT2D eigenvalue weighted by Crippen LogP contribution is -2.35. The number of nitrogens with one attached hydrogen (secondary N) is 1. The number of nitrogens with zero attached hydrogens (tertiary/aromatic N) is 2. The monoisotopic (exact) mass is 469 g/mol. The molecule has 156 valence electrons. The molecule has 2 aliphatic rings. The molecule has 0 radical (unpaired) electrons. The van der Waals surface area contributed by atoms with Crippen LogP contribution >= 0.6 is 34.8 Å². The predicted octanol–water partition coefficient (Wildman–Crippen LogP) is 7.20. The van der Waals surface area contributed by atoms with E-state index >= 15 is 0 Å². The molecule has 0 aromatic heterocycles. The van der Waals surface area contributed by atoms with Gasteiger partial charge in [0, 0.05) is 22.2 Å². The van der Waals surface area contributed by atoms with Gasteiger partial charge < -0.3 is 5.32 Å². The Morgan fingerprint density at radius 1 is 0.935 bits per heavy atom. The fourth-order valence-corrected chi connectivity index (χ4v) is 4.96. The van der Waals surface area contributed by atoms with Gasteiger partial charge in [0.05, 0.1) is 21.8 Å². The molecule has 1 N–H and O–H groups in total. The first-order valence-electron chi connectivity index (χ1n) is 9.99. The molecule has 0 unspecified atom stereocenters. The largest absolute Gasteiger partial charge is 0.342 e. The zero-order valence-corrected chi connectivity index (χ0v) is 18.6. The molecule has 0 saturated heterocycles. The number of hydrazone groups is 1. The van der Waals surface area contributed by atoms with Gasteiger partial charge in [-0.15, -0.1) is 0 Å². The van der Waals surface area contributed by atoms with E-state index in [0.29, 0.717) is 20.8 Å². The van der Waals surface area contributed by atoms with Gasteiger partial charge in [-0.1, -0.05) is 77.3 Å². The van der Waals surface area contributed by atoms with E-state index in [0.717, 1.165) is 29.7 Å². The average molecular weight is 471 g/mol. The molecule has 0 fully saturated rings. The number of carbonyl (C=O) groups is 1. The van der Waals surface area contributed by atoms with Crippen LogP contribution in [0.25, 0.3) is 0 Å². The first kappa shape index (κ1) is 20.4. The van der Waals surface area contributed by atoms with Gasteiger partial charge in [-0.3, -0.25) is 0 Å². The molecule has 7 heteroatoms. The SMILES string of the molecule is O=C(Nc1ccc(Cl)c(Cl)c1)N1N=C2c3ccccc3CC[C@H]2[C@H]1c1ccccc1Cl. The summed E-state index contributed by atoms with van der Waals surface area (Å²) in [6.45, 7) is 0. The van der Waals surface area contributed by atoms with E-state index in [1.54, 1.807) is 18.2 Å². The highest BCUT2D eigenvalue weighted by Crippen LogP contribution is 2.45. The third kappa shape index (κ3) is 3.69. The van der Waals surface area contributed by atoms with E-state index in [-0.39, 0.29) is 18.0 Å². The number of urea groups is 1. The van der Waals surface area contributed by atoms with Gasteiger partial charge in [-0.25, -0.2) is 9.80 Å². The topological polar surface area (TPSA) is 44.7 Å². The molecule has 0 saturated carbocycles. The van der Waals surface area contributed by atoms with Crippen LogP contribution in [0.3, 0.4) is 0 Å². The molecule has 5 rings (SSSR count). The zero-order chi connectivity index (χ0) is 21.5. The van der Waals surface area contributed by atoms with Crippen molar-refractivity contribution in [2.24, 2.45) is 11.0 Å². The van der Waals surface area contributed by atoms with Crippen LogP contribution in [-0.4, -0.2) is 16.8 Å². The quantitative estimate of drug-likeness (QED) is 0.423. The molecule has 2 amide bonds. The fourth-order valence-electron chi connectivity index (χ4n) is 4.41. The summed E-state index contributed by atoms with van der Waals surface area (Å²) in [5, 5.41) is 10.6. The number of anilines is 1. The van der Waals surface area contributed by atoms with Gasteiger partial charge >= 0.3 is 6.03 Å². The number of hydrogen-bond acceptors (Lipinski definition) is 2. The van der Waals surface area contributed by atoms with Crippen molar-refractivity contribution in [3.63, 3.8) is 0 Å². The second-order valence-corrected chi connectivity index (χ2v) is 8.88. The summed E-state index contributed by atoms with van der Waals surface area (Å²) in [4.78, 5) is 13.3. The summed E-state index contributed by atoms with van der Waals surface area (Å²) in [6.07, 6.45) is 1.82. The average Bonchev–Trinajstić information content (AvgIpc) is 3.17. The fraction of sp³-hybridized carbons (Fsp3) is 0.167. The van der Waals surface area contributed by atoms with Gasteiger partial charge in [-0.05, 0) is 48.2 Å². The van der Waals surface area contributed by atoms with Crippen LogP contribution in [0.4, 0.5) is 10.5 Å². The first-order chi connectivity index (χ1) is 15.0. The molecule has 3 aromatic rings. The molecule has 0 spiro atoms. The number of hydrogen-bond donors (Lipinski definition) is 1. The first-order valence-corrected chi connectivity index (χ1v) is 11.1. The standard InChI is InChI=1S/C24H18Cl3N3O/c25-19-8-4-3-7-17(19)23-18-11-9-14-5-1-2-6-16(14)22(18)29-30(23)24(31)28-15-10-12-20(26)21(27)13-15/h1-8,10,12-13,18,23H,9,11H2,(H,28,31)/t18-,23-/m1/s1. The van der Waals surface area contributed by atoms with E-state index in [2.05, 4.69) is 17.4 Å². The van der Waals surface area contributed by atoms with Crippen molar-refractivity contribution in [2.75, 3.05) is 5.32 Å². The van der Waals surface area contributed by atoms with Crippen LogP contribution in [0.2, 0.25) is 15.1 Å². The van der Waals surface area contributed by atoms with Gasteiger partial charge in [0.1, 0.15) is 0 Å². The molecule has 3 aromatic carbocycles. The third-order valence-electron chi connectivity index (χ3n) is 5.83. The van der Waals surface area contributed by atoms with Crippen LogP contribution in [0, 0.1) is 5.92 Å². The molecule has 2 atom stereocenters. The summed E-state index contributed by atoms with van der Waals surface area (Å²) >= 11 is 18.7. The summed E-state index contributed by atoms with van der Waals surface area (Å²) in [5.74, 6) is 0.0642. The number of fused-ring (bicyclic) bond motifs is 3. The van der Waals surface area contributed by atoms with Crippen molar-refractivity contribution in [1.82, 2.24) is 5.01 Å². The number of aryl methyl sites for hydroxylation is 1. The van der Waals surface area contributed by atoms with E-state index in [1.165, 1.54) is 10.6 Å². The minimum Gasteiger partial charge on any atom is -0.306 e. The highest BCUT2D eigenvalue weighted by atomic mass is 35.5. The van der Waals surface area contributed by atoms with Crippen molar-refractivity contribution in [3.05, 3.63) is 98.5 Å². The van der Waals surface area contributed by atoms with E-state index in [4.69, 9.17) is 39.9 Å². The summed E-state index contributed by atoms with van der Waals surface area (Å²) in [7, 11) is 0. The van der Waals surface area contributed by atoms with Gasteiger partial charge in [0.25, 0.3) is 0 Å². The Morgan fingerprint density at radius 2 is 1.71 bits per heavy atom. The molecule has 1 aliphatic carbocycles. The maximum absolute atomic E-state index is 13.3. The Kier molecular flexibility index (Phi) is 5.39. The number of benzene rings is 3. The van der Waals surface area contributed by atoms with Crippen LogP contribution in [0.15, 0.2) is 71.8 Å². The third-order valence-corrected chi connectivity index (χ3v) is 6.92. The maximum Gasteiger partial charge on any atom is 0.342 e. The summed E-state index contributed by atoms with van der Waals surface area (Å²) in [5.41, 5.74) is 4.71. The van der Waals surface area contributed by atoms with Crippen molar-refractivity contribution in [3.8, 4) is 0 Å². The lowest BCUT2D eigenvalue weighted by molar-refractivity contribution is 0.188. The van der Waals surface area contributed by atoms with Gasteiger partial charge in [0.2, 0.25) is 0 Å². The molecule has 1 heterocycles. The van der Waals surface area contributed by atoms with Gasteiger partial charge in [-0.2, -0.15) is 5.10 Å². The molecular weight excluding hydrogens is 453 g/mol. The van der Waals surface area contributed by atoms with Crippen molar-refractivity contribution in [1.29, 1.82) is 0 Å². The number of halogens is 3. The van der Waals surface area contributed by atoms with E-state index in [1.807, 2.05) is 36.4 Å². The smallest absolute Gasteiger partial charge is 0.306 e. The van der Waals surface area contributed by atoms with Crippen molar-refractivity contribution >= 4 is 52.2 Å². The van der Waals surface area contributed by atoms with Crippen LogP contribution in [0.5, 0.6) is 0 Å². The lowest BCUT2D eigenvalue weighted by atomic mass is 9.77. The van der Waals surface area contributed by atoms with Crippen LogP contribution in [0.1, 0.15) is 29.2 Å². The Hall–Kier alpha value is -2.53. The molecule has 4 nitrogen and oxygen atoms in total. The lowest BCUT2D eigenvalue weighted by Gasteiger charge is -2.30. The Morgan fingerprint density at radius 3 is 2.52 bits per heavy atom.